The number of aromatic nitrogens is 2. The van der Waals surface area contributed by atoms with Crippen LogP contribution in [0.4, 0.5) is 4.39 Å². The number of hydrogen-bond donors (Lipinski definition) is 0. The molecule has 0 spiro atoms. The molecule has 6 heteroatoms. The number of benzene rings is 1. The molecule has 124 valence electrons. The highest BCUT2D eigenvalue weighted by molar-refractivity contribution is 5.42. The van der Waals surface area contributed by atoms with Gasteiger partial charge < -0.3 is 8.83 Å². The lowest BCUT2D eigenvalue weighted by Gasteiger charge is -2.19. The van der Waals surface area contributed by atoms with Crippen LogP contribution in [0.5, 0.6) is 0 Å². The van der Waals surface area contributed by atoms with Gasteiger partial charge in [0, 0.05) is 12.6 Å². The molecule has 4 rings (SSSR count). The maximum absolute atomic E-state index is 13.3. The minimum Gasteiger partial charge on any atom is -0.459 e. The standard InChI is InChI=1S/C18H18FN3O2/c19-14-4-1-3-13(11-14)8-9-22(15-6-7-15)12-17-20-21-18(24-17)16-5-2-10-23-16/h1-5,10-11,15H,6-9,12H2. The van der Waals surface area contributed by atoms with Crippen molar-refractivity contribution < 1.29 is 13.2 Å². The Morgan fingerprint density at radius 1 is 1.17 bits per heavy atom. The lowest BCUT2D eigenvalue weighted by Crippen LogP contribution is -2.28. The minimum atomic E-state index is -0.189. The summed E-state index contributed by atoms with van der Waals surface area (Å²) in [6.45, 7) is 1.44. The molecule has 2 heterocycles. The highest BCUT2D eigenvalue weighted by Crippen LogP contribution is 2.29. The molecule has 5 nitrogen and oxygen atoms in total. The van der Waals surface area contributed by atoms with Gasteiger partial charge in [-0.3, -0.25) is 4.90 Å². The largest absolute Gasteiger partial charge is 0.459 e. The zero-order valence-corrected chi connectivity index (χ0v) is 13.2. The predicted octanol–water partition coefficient (Wildman–Crippen LogP) is 3.68. The SMILES string of the molecule is Fc1cccc(CCN(Cc2nnc(-c3ccco3)o2)C2CC2)c1. The molecule has 1 aliphatic carbocycles. The molecule has 3 aromatic rings. The summed E-state index contributed by atoms with van der Waals surface area (Å²) in [5.74, 6) is 1.36. The molecule has 0 amide bonds. The molecular weight excluding hydrogens is 309 g/mol. The maximum atomic E-state index is 13.3. The van der Waals surface area contributed by atoms with E-state index in [4.69, 9.17) is 8.83 Å². The average molecular weight is 327 g/mol. The molecule has 0 bridgehead atoms. The van der Waals surface area contributed by atoms with Crippen molar-refractivity contribution in [3.63, 3.8) is 0 Å². The molecule has 0 atom stereocenters. The van der Waals surface area contributed by atoms with Crippen molar-refractivity contribution in [3.05, 3.63) is 59.9 Å². The third kappa shape index (κ3) is 3.54. The van der Waals surface area contributed by atoms with Crippen molar-refractivity contribution in [2.75, 3.05) is 6.54 Å². The van der Waals surface area contributed by atoms with Gasteiger partial charge in [-0.05, 0) is 49.1 Å². The van der Waals surface area contributed by atoms with Crippen molar-refractivity contribution in [3.8, 4) is 11.7 Å². The Bertz CT molecular complexity index is 796. The average Bonchev–Trinajstić information content (AvgIpc) is 3.09. The van der Waals surface area contributed by atoms with E-state index >= 15 is 0 Å². The summed E-state index contributed by atoms with van der Waals surface area (Å²) in [7, 11) is 0. The van der Waals surface area contributed by atoms with Crippen LogP contribution >= 0.6 is 0 Å². The van der Waals surface area contributed by atoms with E-state index in [0.717, 1.165) is 18.5 Å². The van der Waals surface area contributed by atoms with Gasteiger partial charge in [0.25, 0.3) is 5.89 Å². The van der Waals surface area contributed by atoms with E-state index in [1.54, 1.807) is 30.5 Å². The number of hydrogen-bond acceptors (Lipinski definition) is 5. The Hall–Kier alpha value is -2.47. The Kier molecular flexibility index (Phi) is 4.13. The van der Waals surface area contributed by atoms with Crippen LogP contribution < -0.4 is 0 Å². The highest BCUT2D eigenvalue weighted by atomic mass is 19.1. The fourth-order valence-corrected chi connectivity index (χ4v) is 2.79. The molecule has 1 fully saturated rings. The number of rotatable bonds is 7. The van der Waals surface area contributed by atoms with Crippen LogP contribution in [-0.2, 0) is 13.0 Å². The molecule has 1 aromatic carbocycles. The predicted molar refractivity (Wildman–Crippen MR) is 85.5 cm³/mol. The summed E-state index contributed by atoms with van der Waals surface area (Å²) in [5.41, 5.74) is 1.00. The second-order valence-corrected chi connectivity index (χ2v) is 6.06. The van der Waals surface area contributed by atoms with Crippen LogP contribution in [0.15, 0.2) is 51.5 Å². The van der Waals surface area contributed by atoms with Crippen LogP contribution in [0, 0.1) is 5.82 Å². The molecule has 2 aromatic heterocycles. The summed E-state index contributed by atoms with van der Waals surface area (Å²) in [5, 5.41) is 8.15. The first-order chi connectivity index (χ1) is 11.8. The van der Waals surface area contributed by atoms with Crippen molar-refractivity contribution in [1.82, 2.24) is 15.1 Å². The molecule has 0 N–H and O–H groups in total. The van der Waals surface area contributed by atoms with Crippen molar-refractivity contribution in [1.29, 1.82) is 0 Å². The number of furan rings is 1. The third-order valence-corrected chi connectivity index (χ3v) is 4.18. The van der Waals surface area contributed by atoms with Crippen LogP contribution in [0.1, 0.15) is 24.3 Å². The summed E-state index contributed by atoms with van der Waals surface area (Å²) < 4.78 is 24.2. The Morgan fingerprint density at radius 2 is 2.08 bits per heavy atom. The molecule has 1 saturated carbocycles. The minimum absolute atomic E-state index is 0.189. The Balaban J connectivity index is 1.41. The Morgan fingerprint density at radius 3 is 2.83 bits per heavy atom. The molecule has 24 heavy (non-hydrogen) atoms. The summed E-state index contributed by atoms with van der Waals surface area (Å²) in [6.07, 6.45) is 4.74. The Labute approximate surface area is 139 Å². The zero-order chi connectivity index (χ0) is 16.4. The first kappa shape index (κ1) is 15.1. The van der Waals surface area contributed by atoms with E-state index < -0.39 is 0 Å². The van der Waals surface area contributed by atoms with Crippen LogP contribution in [0.25, 0.3) is 11.7 Å². The second-order valence-electron chi connectivity index (χ2n) is 6.06. The van der Waals surface area contributed by atoms with Crippen LogP contribution in [0.3, 0.4) is 0 Å². The smallest absolute Gasteiger partial charge is 0.283 e. The zero-order valence-electron chi connectivity index (χ0n) is 13.2. The van der Waals surface area contributed by atoms with Crippen molar-refractivity contribution >= 4 is 0 Å². The lowest BCUT2D eigenvalue weighted by molar-refractivity contribution is 0.232. The number of nitrogens with zero attached hydrogens (tertiary/aromatic N) is 3. The van der Waals surface area contributed by atoms with E-state index in [9.17, 15) is 4.39 Å². The van der Waals surface area contributed by atoms with Gasteiger partial charge in [-0.2, -0.15) is 0 Å². The van der Waals surface area contributed by atoms with Crippen LogP contribution in [-0.4, -0.2) is 27.7 Å². The molecule has 0 unspecified atom stereocenters. The van der Waals surface area contributed by atoms with Gasteiger partial charge in [0.2, 0.25) is 5.89 Å². The quantitative estimate of drug-likeness (QED) is 0.662. The lowest BCUT2D eigenvalue weighted by atomic mass is 10.1. The van der Waals surface area contributed by atoms with Gasteiger partial charge in [0.1, 0.15) is 5.82 Å². The molecule has 0 radical (unpaired) electrons. The molecular formula is C18H18FN3O2. The molecule has 0 aliphatic heterocycles. The van der Waals surface area contributed by atoms with Gasteiger partial charge in [0.05, 0.1) is 12.8 Å². The fraction of sp³-hybridized carbons (Fsp3) is 0.333. The molecule has 0 saturated heterocycles. The van der Waals surface area contributed by atoms with Gasteiger partial charge in [-0.15, -0.1) is 10.2 Å². The van der Waals surface area contributed by atoms with Gasteiger partial charge in [0.15, 0.2) is 5.76 Å². The first-order valence-electron chi connectivity index (χ1n) is 8.13. The van der Waals surface area contributed by atoms with Gasteiger partial charge >= 0.3 is 0 Å². The van der Waals surface area contributed by atoms with E-state index in [1.807, 2.05) is 6.07 Å². The van der Waals surface area contributed by atoms with E-state index in [1.165, 1.54) is 18.9 Å². The van der Waals surface area contributed by atoms with E-state index in [-0.39, 0.29) is 5.82 Å². The first-order valence-corrected chi connectivity index (χ1v) is 8.13. The normalized spacial score (nSPS) is 14.4. The monoisotopic (exact) mass is 327 g/mol. The fourth-order valence-electron chi connectivity index (χ4n) is 2.79. The van der Waals surface area contributed by atoms with Gasteiger partial charge in [-0.1, -0.05) is 12.1 Å². The maximum Gasteiger partial charge on any atom is 0.283 e. The second kappa shape index (κ2) is 6.57. The number of halogens is 1. The summed E-state index contributed by atoms with van der Waals surface area (Å²) in [4.78, 5) is 2.32. The van der Waals surface area contributed by atoms with Gasteiger partial charge in [-0.25, -0.2) is 4.39 Å². The van der Waals surface area contributed by atoms with E-state index in [0.29, 0.717) is 30.1 Å². The van der Waals surface area contributed by atoms with Crippen molar-refractivity contribution in [2.45, 2.75) is 31.8 Å². The third-order valence-electron chi connectivity index (χ3n) is 4.18. The molecule has 1 aliphatic rings. The summed E-state index contributed by atoms with van der Waals surface area (Å²) in [6, 6.07) is 10.9. The van der Waals surface area contributed by atoms with Crippen LogP contribution in [0.2, 0.25) is 0 Å². The highest BCUT2D eigenvalue weighted by Gasteiger charge is 2.30. The topological polar surface area (TPSA) is 55.3 Å². The van der Waals surface area contributed by atoms with Crippen molar-refractivity contribution in [2.24, 2.45) is 0 Å². The van der Waals surface area contributed by atoms with E-state index in [2.05, 4.69) is 15.1 Å². The summed E-state index contributed by atoms with van der Waals surface area (Å²) >= 11 is 0.